The molecular weight excluding hydrogens is 283 g/mol. The molecule has 1 aromatic rings. The summed E-state index contributed by atoms with van der Waals surface area (Å²) in [5.41, 5.74) is 1.18. The second kappa shape index (κ2) is 7.79. The van der Waals surface area contributed by atoms with Gasteiger partial charge in [-0.25, -0.2) is 0 Å². The zero-order valence-corrected chi connectivity index (χ0v) is 15.0. The van der Waals surface area contributed by atoms with Crippen molar-refractivity contribution < 1.29 is 14.0 Å². The molecule has 0 spiro atoms. The number of hydrogen-bond acceptors (Lipinski definition) is 3. The lowest BCUT2D eigenvalue weighted by molar-refractivity contribution is 0.321. The third kappa shape index (κ3) is 6.05. The van der Waals surface area contributed by atoms with Crippen LogP contribution in [-0.2, 0) is 10.7 Å². The second-order valence-electron chi connectivity index (χ2n) is 6.83. The maximum Gasteiger partial charge on any atom is 0.343 e. The summed E-state index contributed by atoms with van der Waals surface area (Å²) in [5, 5.41) is 0. The lowest BCUT2D eigenvalue weighted by atomic mass is 9.86. The molecule has 0 N–H and O–H groups in total. The van der Waals surface area contributed by atoms with Crippen molar-refractivity contribution in [2.45, 2.75) is 40.3 Å². The molecule has 2 unspecified atom stereocenters. The average Bonchev–Trinajstić information content (AvgIpc) is 2.36. The molecule has 0 saturated heterocycles. The number of benzene rings is 1. The highest BCUT2D eigenvalue weighted by molar-refractivity contribution is 7.43. The third-order valence-electron chi connectivity index (χ3n) is 3.34. The summed E-state index contributed by atoms with van der Waals surface area (Å²) < 4.78 is 23.2. The predicted octanol–water partition coefficient (Wildman–Crippen LogP) is 5.10. The molecular formula is C17H28O3P+. The molecule has 2 atom stereocenters. The number of methoxy groups -OCH3 is 2. The molecule has 0 amide bonds. The standard InChI is InChI=1S/C17H28O3P/c1-13(10-17(2,3)4)11-21(18)12-14-15(19-5)8-7-9-16(14)20-6/h7-9,13H,10-12H2,1-6H3/q+1. The van der Waals surface area contributed by atoms with Gasteiger partial charge < -0.3 is 9.47 Å². The van der Waals surface area contributed by atoms with Gasteiger partial charge in [-0.15, -0.1) is 0 Å². The van der Waals surface area contributed by atoms with Crippen molar-refractivity contribution >= 4 is 7.80 Å². The maximum atomic E-state index is 12.5. The van der Waals surface area contributed by atoms with Gasteiger partial charge in [0.2, 0.25) is 0 Å². The minimum Gasteiger partial charge on any atom is -0.496 e. The Labute approximate surface area is 129 Å². The maximum absolute atomic E-state index is 12.5. The Kier molecular flexibility index (Phi) is 6.67. The fourth-order valence-corrected chi connectivity index (χ4v) is 4.40. The summed E-state index contributed by atoms with van der Waals surface area (Å²) >= 11 is 0. The van der Waals surface area contributed by atoms with E-state index in [-0.39, 0.29) is 5.41 Å². The second-order valence-corrected chi connectivity index (χ2v) is 8.48. The Morgan fingerprint density at radius 2 is 1.67 bits per heavy atom. The molecule has 21 heavy (non-hydrogen) atoms. The van der Waals surface area contributed by atoms with E-state index in [1.807, 2.05) is 18.2 Å². The smallest absolute Gasteiger partial charge is 0.343 e. The van der Waals surface area contributed by atoms with Crippen molar-refractivity contribution in [3.05, 3.63) is 23.8 Å². The zero-order valence-electron chi connectivity index (χ0n) is 14.1. The van der Waals surface area contributed by atoms with Crippen LogP contribution >= 0.6 is 7.80 Å². The molecule has 0 aliphatic rings. The molecule has 3 nitrogen and oxygen atoms in total. The van der Waals surface area contributed by atoms with Gasteiger partial charge >= 0.3 is 7.80 Å². The average molecular weight is 311 g/mol. The zero-order chi connectivity index (χ0) is 16.0. The molecule has 0 aromatic heterocycles. The van der Waals surface area contributed by atoms with E-state index in [1.165, 1.54) is 0 Å². The minimum absolute atomic E-state index is 0.276. The lowest BCUT2D eigenvalue weighted by Crippen LogP contribution is -2.12. The number of rotatable bonds is 7. The molecule has 118 valence electrons. The normalized spacial score (nSPS) is 13.7. The van der Waals surface area contributed by atoms with Gasteiger partial charge in [-0.1, -0.05) is 38.3 Å². The van der Waals surface area contributed by atoms with Crippen LogP contribution in [0, 0.1) is 11.3 Å². The molecule has 1 rings (SSSR count). The van der Waals surface area contributed by atoms with Gasteiger partial charge in [0.15, 0.2) is 6.16 Å². The molecule has 0 heterocycles. The molecule has 4 heteroatoms. The van der Waals surface area contributed by atoms with E-state index in [9.17, 15) is 4.57 Å². The van der Waals surface area contributed by atoms with E-state index < -0.39 is 7.80 Å². The van der Waals surface area contributed by atoms with Gasteiger partial charge in [0.05, 0.1) is 19.8 Å². The molecule has 0 saturated carbocycles. The van der Waals surface area contributed by atoms with Gasteiger partial charge in [0.1, 0.15) is 17.7 Å². The van der Waals surface area contributed by atoms with E-state index in [2.05, 4.69) is 27.7 Å². The Morgan fingerprint density at radius 3 is 2.10 bits per heavy atom. The first-order chi connectivity index (χ1) is 9.76. The highest BCUT2D eigenvalue weighted by Gasteiger charge is 2.27. The first kappa shape index (κ1) is 18.0. The van der Waals surface area contributed by atoms with Gasteiger partial charge in [-0.3, -0.25) is 0 Å². The van der Waals surface area contributed by atoms with Crippen molar-refractivity contribution in [3.8, 4) is 11.5 Å². The Balaban J connectivity index is 2.75. The van der Waals surface area contributed by atoms with Crippen LogP contribution in [0.3, 0.4) is 0 Å². The summed E-state index contributed by atoms with van der Waals surface area (Å²) in [7, 11) is 1.96. The fraction of sp³-hybridized carbons (Fsp3) is 0.647. The SMILES string of the molecule is COc1cccc(OC)c1C[P+](=O)CC(C)CC(C)(C)C. The summed E-state index contributed by atoms with van der Waals surface area (Å²) in [6.45, 7) is 8.84. The topological polar surface area (TPSA) is 35.5 Å². The largest absolute Gasteiger partial charge is 0.496 e. The van der Waals surface area contributed by atoms with Crippen LogP contribution in [0.2, 0.25) is 0 Å². The van der Waals surface area contributed by atoms with Crippen molar-refractivity contribution in [2.75, 3.05) is 20.4 Å². The van der Waals surface area contributed by atoms with Crippen molar-refractivity contribution in [1.82, 2.24) is 0 Å². The molecule has 0 fully saturated rings. The quantitative estimate of drug-likeness (QED) is 0.657. The Bertz CT molecular complexity index is 455. The van der Waals surface area contributed by atoms with Crippen LogP contribution in [0.1, 0.15) is 39.7 Å². The van der Waals surface area contributed by atoms with E-state index in [1.54, 1.807) is 14.2 Å². The van der Waals surface area contributed by atoms with Crippen molar-refractivity contribution in [2.24, 2.45) is 11.3 Å². The lowest BCUT2D eigenvalue weighted by Gasteiger charge is -2.20. The molecule has 0 aliphatic carbocycles. The van der Waals surface area contributed by atoms with E-state index in [0.29, 0.717) is 12.1 Å². The first-order valence-corrected chi connectivity index (χ1v) is 9.01. The van der Waals surface area contributed by atoms with Crippen LogP contribution in [0.4, 0.5) is 0 Å². The fourth-order valence-electron chi connectivity index (χ4n) is 2.78. The predicted molar refractivity (Wildman–Crippen MR) is 89.0 cm³/mol. The molecule has 0 bridgehead atoms. The van der Waals surface area contributed by atoms with Crippen LogP contribution in [-0.4, -0.2) is 20.4 Å². The third-order valence-corrected chi connectivity index (χ3v) is 5.04. The summed E-state index contributed by atoms with van der Waals surface area (Å²) in [6, 6.07) is 5.66. The van der Waals surface area contributed by atoms with Crippen LogP contribution in [0.5, 0.6) is 11.5 Å². The van der Waals surface area contributed by atoms with Gasteiger partial charge in [-0.05, 0) is 24.0 Å². The Hall–Kier alpha value is -1.08. The molecule has 0 radical (unpaired) electrons. The highest BCUT2D eigenvalue weighted by atomic mass is 31.1. The van der Waals surface area contributed by atoms with Gasteiger partial charge in [0, 0.05) is 5.92 Å². The van der Waals surface area contributed by atoms with Gasteiger partial charge in [0.25, 0.3) is 0 Å². The van der Waals surface area contributed by atoms with Crippen molar-refractivity contribution in [3.63, 3.8) is 0 Å². The molecule has 0 aliphatic heterocycles. The first-order valence-electron chi connectivity index (χ1n) is 7.38. The van der Waals surface area contributed by atoms with E-state index in [0.717, 1.165) is 29.6 Å². The van der Waals surface area contributed by atoms with Crippen LogP contribution in [0.25, 0.3) is 0 Å². The van der Waals surface area contributed by atoms with E-state index >= 15 is 0 Å². The number of hydrogen-bond donors (Lipinski definition) is 0. The summed E-state index contributed by atoms with van der Waals surface area (Å²) in [5.74, 6) is 1.96. The van der Waals surface area contributed by atoms with Crippen LogP contribution in [0.15, 0.2) is 18.2 Å². The summed E-state index contributed by atoms with van der Waals surface area (Å²) in [4.78, 5) is 0. The van der Waals surface area contributed by atoms with Crippen LogP contribution < -0.4 is 9.47 Å². The highest BCUT2D eigenvalue weighted by Crippen LogP contribution is 2.39. The summed E-state index contributed by atoms with van der Waals surface area (Å²) in [6.07, 6.45) is 2.34. The number of ether oxygens (including phenoxy) is 2. The van der Waals surface area contributed by atoms with Crippen molar-refractivity contribution in [1.29, 1.82) is 0 Å². The van der Waals surface area contributed by atoms with E-state index in [4.69, 9.17) is 9.47 Å². The minimum atomic E-state index is -1.30. The monoisotopic (exact) mass is 311 g/mol. The Morgan fingerprint density at radius 1 is 1.14 bits per heavy atom. The molecule has 1 aromatic carbocycles. The van der Waals surface area contributed by atoms with Gasteiger partial charge in [-0.2, -0.15) is 0 Å².